The Labute approximate surface area is 136 Å². The van der Waals surface area contributed by atoms with Crippen molar-refractivity contribution in [2.24, 2.45) is 0 Å². The number of hydrogen-bond acceptors (Lipinski definition) is 4. The lowest BCUT2D eigenvalue weighted by Crippen LogP contribution is -2.24. The highest BCUT2D eigenvalue weighted by molar-refractivity contribution is 9.11. The average Bonchev–Trinajstić information content (AvgIpc) is 2.77. The number of nitrogen functional groups attached to an aromatic ring is 1. The summed E-state index contributed by atoms with van der Waals surface area (Å²) in [5.41, 5.74) is 5.74. The zero-order chi connectivity index (χ0) is 14.9. The smallest absolute Gasteiger partial charge is 0.243 e. The van der Waals surface area contributed by atoms with E-state index in [0.717, 1.165) is 20.8 Å². The Morgan fingerprint density at radius 3 is 2.60 bits per heavy atom. The molecule has 0 radical (unpaired) electrons. The van der Waals surface area contributed by atoms with E-state index >= 15 is 0 Å². The van der Waals surface area contributed by atoms with Crippen LogP contribution >= 0.6 is 43.2 Å². The lowest BCUT2D eigenvalue weighted by molar-refractivity contribution is 0.557. The van der Waals surface area contributed by atoms with Crippen LogP contribution in [-0.2, 0) is 16.6 Å². The maximum absolute atomic E-state index is 13.7. The van der Waals surface area contributed by atoms with Gasteiger partial charge in [0, 0.05) is 21.6 Å². The zero-order valence-corrected chi connectivity index (χ0v) is 14.7. The molecule has 0 saturated carbocycles. The van der Waals surface area contributed by atoms with E-state index in [-0.39, 0.29) is 12.2 Å². The molecule has 0 aliphatic heterocycles. The first-order chi connectivity index (χ1) is 9.29. The van der Waals surface area contributed by atoms with Gasteiger partial charge < -0.3 is 5.73 Å². The van der Waals surface area contributed by atoms with E-state index in [1.54, 1.807) is 6.07 Å². The fourth-order valence-corrected chi connectivity index (χ4v) is 4.37. The number of benzene rings is 1. The molecule has 1 aromatic carbocycles. The van der Waals surface area contributed by atoms with E-state index in [0.29, 0.717) is 4.47 Å². The Morgan fingerprint density at radius 2 is 2.00 bits per heavy atom. The van der Waals surface area contributed by atoms with Crippen molar-refractivity contribution in [3.63, 3.8) is 0 Å². The summed E-state index contributed by atoms with van der Waals surface area (Å²) in [5, 5.41) is 0. The minimum Gasteiger partial charge on any atom is -0.398 e. The van der Waals surface area contributed by atoms with E-state index < -0.39 is 20.7 Å². The molecule has 1 aromatic heterocycles. The Morgan fingerprint density at radius 1 is 1.30 bits per heavy atom. The molecule has 0 aliphatic rings. The minimum absolute atomic E-state index is 0.0913. The highest BCUT2D eigenvalue weighted by Gasteiger charge is 2.20. The predicted molar refractivity (Wildman–Crippen MR) is 84.6 cm³/mol. The van der Waals surface area contributed by atoms with Crippen LogP contribution in [0, 0.1) is 5.82 Å². The van der Waals surface area contributed by atoms with Crippen molar-refractivity contribution in [1.82, 2.24) is 4.72 Å². The topological polar surface area (TPSA) is 72.2 Å². The lowest BCUT2D eigenvalue weighted by Gasteiger charge is -2.08. The van der Waals surface area contributed by atoms with Crippen molar-refractivity contribution < 1.29 is 12.8 Å². The van der Waals surface area contributed by atoms with Crippen molar-refractivity contribution in [2.75, 3.05) is 5.73 Å². The number of nitrogens with one attached hydrogen (secondary N) is 1. The largest absolute Gasteiger partial charge is 0.398 e. The van der Waals surface area contributed by atoms with Crippen molar-refractivity contribution in [3.8, 4) is 0 Å². The van der Waals surface area contributed by atoms with Crippen LogP contribution in [0.5, 0.6) is 0 Å². The summed E-state index contributed by atoms with van der Waals surface area (Å²) in [6.45, 7) is 0.0913. The van der Waals surface area contributed by atoms with E-state index in [2.05, 4.69) is 36.6 Å². The normalized spacial score (nSPS) is 11.8. The van der Waals surface area contributed by atoms with Gasteiger partial charge >= 0.3 is 0 Å². The van der Waals surface area contributed by atoms with Gasteiger partial charge in [0.15, 0.2) is 0 Å². The summed E-state index contributed by atoms with van der Waals surface area (Å²) >= 11 is 7.72. The van der Waals surface area contributed by atoms with Gasteiger partial charge in [0.05, 0.1) is 3.79 Å². The fourth-order valence-electron chi connectivity index (χ4n) is 1.44. The molecule has 2 aromatic rings. The molecule has 20 heavy (non-hydrogen) atoms. The van der Waals surface area contributed by atoms with Crippen molar-refractivity contribution in [1.29, 1.82) is 0 Å². The van der Waals surface area contributed by atoms with E-state index in [9.17, 15) is 12.8 Å². The predicted octanol–water partition coefficient (Wildman–Crippen LogP) is 3.47. The van der Waals surface area contributed by atoms with Crippen molar-refractivity contribution >= 4 is 58.9 Å². The monoisotopic (exact) mass is 442 g/mol. The first-order valence-corrected chi connectivity index (χ1v) is 9.16. The molecule has 108 valence electrons. The van der Waals surface area contributed by atoms with Gasteiger partial charge in [-0.25, -0.2) is 17.5 Å². The molecule has 0 unspecified atom stereocenters. The van der Waals surface area contributed by atoms with E-state index in [1.807, 2.05) is 6.07 Å². The number of anilines is 1. The SMILES string of the molecule is Nc1cc(S(=O)(=O)NCc2ccc(Br)s2)c(F)cc1Br. The Hall–Kier alpha value is -0.480. The summed E-state index contributed by atoms with van der Waals surface area (Å²) < 4.78 is 41.4. The van der Waals surface area contributed by atoms with Gasteiger partial charge in [0.2, 0.25) is 10.0 Å². The number of nitrogens with two attached hydrogens (primary N) is 1. The molecular weight excluding hydrogens is 435 g/mol. The second kappa shape index (κ2) is 6.10. The maximum atomic E-state index is 13.7. The third kappa shape index (κ3) is 3.59. The number of sulfonamides is 1. The summed E-state index contributed by atoms with van der Waals surface area (Å²) in [6, 6.07) is 5.72. The first kappa shape index (κ1) is 15.9. The van der Waals surface area contributed by atoms with Crippen LogP contribution in [0.25, 0.3) is 0 Å². The second-order valence-electron chi connectivity index (χ2n) is 3.83. The Kier molecular flexibility index (Phi) is 4.85. The van der Waals surface area contributed by atoms with Crippen LogP contribution in [0.3, 0.4) is 0 Å². The number of thiophene rings is 1. The molecule has 0 bridgehead atoms. The van der Waals surface area contributed by atoms with Crippen molar-refractivity contribution in [2.45, 2.75) is 11.4 Å². The highest BCUT2D eigenvalue weighted by atomic mass is 79.9. The van der Waals surface area contributed by atoms with Crippen LogP contribution in [0.2, 0.25) is 0 Å². The second-order valence-corrected chi connectivity index (χ2v) is 8.97. The minimum atomic E-state index is -3.95. The van der Waals surface area contributed by atoms with Crippen LogP contribution in [-0.4, -0.2) is 8.42 Å². The summed E-state index contributed by atoms with van der Waals surface area (Å²) in [6.07, 6.45) is 0. The van der Waals surface area contributed by atoms with Crippen LogP contribution < -0.4 is 10.5 Å². The number of hydrogen-bond donors (Lipinski definition) is 2. The van der Waals surface area contributed by atoms with Gasteiger partial charge in [0.25, 0.3) is 0 Å². The molecule has 0 spiro atoms. The number of rotatable bonds is 4. The molecule has 4 nitrogen and oxygen atoms in total. The van der Waals surface area contributed by atoms with Crippen LogP contribution in [0.1, 0.15) is 4.88 Å². The zero-order valence-electron chi connectivity index (χ0n) is 9.86. The first-order valence-electron chi connectivity index (χ1n) is 5.28. The summed E-state index contributed by atoms with van der Waals surface area (Å²) in [5.74, 6) is -0.856. The molecule has 1 heterocycles. The van der Waals surface area contributed by atoms with Crippen LogP contribution in [0.15, 0.2) is 37.4 Å². The standard InChI is InChI=1S/C11H9Br2FN2O2S2/c12-7-3-8(14)10(4-9(7)15)20(17,18)16-5-6-1-2-11(13)19-6/h1-4,16H,5,15H2. The molecule has 2 rings (SSSR count). The van der Waals surface area contributed by atoms with Crippen LogP contribution in [0.4, 0.5) is 10.1 Å². The van der Waals surface area contributed by atoms with Gasteiger partial charge in [-0.15, -0.1) is 11.3 Å². The Balaban J connectivity index is 2.24. The van der Waals surface area contributed by atoms with E-state index in [1.165, 1.54) is 11.3 Å². The third-order valence-electron chi connectivity index (χ3n) is 2.41. The van der Waals surface area contributed by atoms with Gasteiger partial charge in [-0.2, -0.15) is 0 Å². The summed E-state index contributed by atoms with van der Waals surface area (Å²) in [4.78, 5) is 0.347. The van der Waals surface area contributed by atoms with Gasteiger partial charge in [-0.05, 0) is 56.1 Å². The number of halogens is 3. The van der Waals surface area contributed by atoms with Gasteiger partial charge in [-0.1, -0.05) is 0 Å². The van der Waals surface area contributed by atoms with E-state index in [4.69, 9.17) is 5.73 Å². The maximum Gasteiger partial charge on any atom is 0.243 e. The average molecular weight is 444 g/mol. The molecule has 3 N–H and O–H groups in total. The molecule has 9 heteroatoms. The third-order valence-corrected chi connectivity index (χ3v) is 6.13. The van der Waals surface area contributed by atoms with Crippen molar-refractivity contribution in [3.05, 3.63) is 43.2 Å². The highest BCUT2D eigenvalue weighted by Crippen LogP contribution is 2.27. The lowest BCUT2D eigenvalue weighted by atomic mass is 10.3. The quantitative estimate of drug-likeness (QED) is 0.710. The molecule has 0 atom stereocenters. The van der Waals surface area contributed by atoms with Gasteiger partial charge in [0.1, 0.15) is 10.7 Å². The molecule has 0 aliphatic carbocycles. The molecule has 0 fully saturated rings. The molecular formula is C11H9Br2FN2O2S2. The Bertz CT molecular complexity index is 747. The fraction of sp³-hybridized carbons (Fsp3) is 0.0909. The molecule has 0 amide bonds. The van der Waals surface area contributed by atoms with Gasteiger partial charge in [-0.3, -0.25) is 0 Å². The molecule has 0 saturated heterocycles. The summed E-state index contributed by atoms with van der Waals surface area (Å²) in [7, 11) is -3.95.